The van der Waals surface area contributed by atoms with Crippen molar-refractivity contribution in [1.82, 2.24) is 4.90 Å². The molecule has 1 amide bonds. The number of carbonyl (C=O) groups is 3. The summed E-state index contributed by atoms with van der Waals surface area (Å²) in [6, 6.07) is 10.0. The molecule has 1 fully saturated rings. The van der Waals surface area contributed by atoms with Crippen LogP contribution < -0.4 is 0 Å². The fourth-order valence-electron chi connectivity index (χ4n) is 3.13. The van der Waals surface area contributed by atoms with Crippen LogP contribution in [0.25, 0.3) is 17.4 Å². The van der Waals surface area contributed by atoms with Crippen molar-refractivity contribution in [3.8, 4) is 11.3 Å². The van der Waals surface area contributed by atoms with Crippen LogP contribution in [0.1, 0.15) is 37.5 Å². The van der Waals surface area contributed by atoms with Crippen molar-refractivity contribution >= 4 is 52.2 Å². The second-order valence-corrected chi connectivity index (χ2v) is 8.68. The molecule has 3 rings (SSSR count). The van der Waals surface area contributed by atoms with Gasteiger partial charge in [-0.25, -0.2) is 4.79 Å². The zero-order valence-corrected chi connectivity index (χ0v) is 18.4. The van der Waals surface area contributed by atoms with Crippen LogP contribution in [-0.2, 0) is 20.8 Å². The summed E-state index contributed by atoms with van der Waals surface area (Å²) in [5.74, 6) is -2.36. The maximum atomic E-state index is 12.7. The quantitative estimate of drug-likeness (QED) is 0.419. The Hall–Kier alpha value is -2.91. The maximum Gasteiger partial charge on any atom is 0.327 e. The third-order valence-electron chi connectivity index (χ3n) is 4.75. The van der Waals surface area contributed by atoms with Crippen molar-refractivity contribution < 1.29 is 29.0 Å². The fraction of sp³-hybridized carbons (Fsp3) is 0.273. The van der Waals surface area contributed by atoms with Crippen LogP contribution in [0, 0.1) is 0 Å². The van der Waals surface area contributed by atoms with Crippen LogP contribution in [0.3, 0.4) is 0 Å². The van der Waals surface area contributed by atoms with Crippen molar-refractivity contribution in [3.05, 3.63) is 52.6 Å². The number of rotatable bonds is 9. The number of aliphatic carboxylic acids is 2. The fourth-order valence-corrected chi connectivity index (χ4v) is 4.47. The van der Waals surface area contributed by atoms with Gasteiger partial charge in [0.2, 0.25) is 0 Å². The lowest BCUT2D eigenvalue weighted by Crippen LogP contribution is -2.45. The van der Waals surface area contributed by atoms with E-state index < -0.39 is 30.3 Å². The summed E-state index contributed by atoms with van der Waals surface area (Å²) in [5.41, 5.74) is 2.16. The molecule has 2 N–H and O–H groups in total. The van der Waals surface area contributed by atoms with Crippen molar-refractivity contribution in [2.75, 3.05) is 0 Å². The first-order valence-electron chi connectivity index (χ1n) is 9.71. The number of furan rings is 1. The van der Waals surface area contributed by atoms with Gasteiger partial charge < -0.3 is 14.6 Å². The van der Waals surface area contributed by atoms with Crippen molar-refractivity contribution in [1.29, 1.82) is 0 Å². The van der Waals surface area contributed by atoms with Gasteiger partial charge in [0.15, 0.2) is 0 Å². The minimum atomic E-state index is -1.56. The Balaban J connectivity index is 1.78. The number of thioether (sulfide) groups is 1. The van der Waals surface area contributed by atoms with Crippen LogP contribution in [-0.4, -0.2) is 43.3 Å². The molecule has 31 heavy (non-hydrogen) atoms. The molecule has 1 atom stereocenters. The van der Waals surface area contributed by atoms with Gasteiger partial charge in [-0.3, -0.25) is 14.5 Å². The maximum absolute atomic E-state index is 12.7. The third-order valence-corrected chi connectivity index (χ3v) is 6.08. The standard InChI is InChI=1S/C22H21NO6S2/c1-2-3-4-13-5-7-14(8-6-13)17-10-9-15(29-17)11-18-20(26)23(22(30)31-18)16(21(27)28)12-19(24)25/h5-11,16H,2-4,12H2,1H3,(H,24,25)(H,27,28)/b18-11-. The predicted molar refractivity (Wildman–Crippen MR) is 121 cm³/mol. The number of aryl methyl sites for hydroxylation is 1. The molecule has 7 nitrogen and oxygen atoms in total. The number of nitrogens with zero attached hydrogens (tertiary/aromatic N) is 1. The first-order valence-corrected chi connectivity index (χ1v) is 10.9. The molecule has 1 saturated heterocycles. The van der Waals surface area contributed by atoms with Crippen LogP contribution in [0.5, 0.6) is 0 Å². The highest BCUT2D eigenvalue weighted by Crippen LogP contribution is 2.35. The largest absolute Gasteiger partial charge is 0.481 e. The molecule has 1 unspecified atom stereocenters. The van der Waals surface area contributed by atoms with E-state index in [-0.39, 0.29) is 9.23 Å². The molecule has 0 saturated carbocycles. The van der Waals surface area contributed by atoms with Gasteiger partial charge in [-0.2, -0.15) is 0 Å². The van der Waals surface area contributed by atoms with Crippen molar-refractivity contribution in [3.63, 3.8) is 0 Å². The first-order chi connectivity index (χ1) is 14.8. The van der Waals surface area contributed by atoms with Gasteiger partial charge in [0.05, 0.1) is 11.3 Å². The van der Waals surface area contributed by atoms with E-state index in [1.54, 1.807) is 12.1 Å². The zero-order chi connectivity index (χ0) is 22.5. The summed E-state index contributed by atoms with van der Waals surface area (Å²) in [6.45, 7) is 2.15. The van der Waals surface area contributed by atoms with Crippen molar-refractivity contribution in [2.24, 2.45) is 0 Å². The Bertz CT molecular complexity index is 1040. The smallest absolute Gasteiger partial charge is 0.327 e. The topological polar surface area (TPSA) is 108 Å². The normalized spacial score (nSPS) is 16.2. The minimum absolute atomic E-state index is 0.000604. The van der Waals surface area contributed by atoms with Crippen LogP contribution >= 0.6 is 24.0 Å². The molecule has 9 heteroatoms. The van der Waals surface area contributed by atoms with Gasteiger partial charge in [0.25, 0.3) is 5.91 Å². The Morgan fingerprint density at radius 3 is 2.52 bits per heavy atom. The van der Waals surface area contributed by atoms with Gasteiger partial charge in [-0.05, 0) is 30.5 Å². The SMILES string of the molecule is CCCCc1ccc(-c2ccc(/C=C3\SC(=S)N(C(CC(=O)O)C(=O)O)C3=O)o2)cc1. The van der Waals surface area contributed by atoms with Gasteiger partial charge >= 0.3 is 11.9 Å². The van der Waals surface area contributed by atoms with E-state index in [4.69, 9.17) is 21.7 Å². The highest BCUT2D eigenvalue weighted by Gasteiger charge is 2.41. The molecule has 1 aliphatic heterocycles. The van der Waals surface area contributed by atoms with Crippen LogP contribution in [0.15, 0.2) is 45.7 Å². The first kappa shape index (κ1) is 22.8. The van der Waals surface area contributed by atoms with Gasteiger partial charge in [-0.15, -0.1) is 0 Å². The molecule has 0 radical (unpaired) electrons. The highest BCUT2D eigenvalue weighted by molar-refractivity contribution is 8.26. The van der Waals surface area contributed by atoms with E-state index in [9.17, 15) is 19.5 Å². The number of amides is 1. The number of carboxylic acids is 2. The summed E-state index contributed by atoms with van der Waals surface area (Å²) >= 11 is 6.04. The lowest BCUT2D eigenvalue weighted by molar-refractivity contribution is -0.150. The molecule has 0 aliphatic carbocycles. The lowest BCUT2D eigenvalue weighted by Gasteiger charge is -2.21. The molecule has 2 aromatic rings. The summed E-state index contributed by atoms with van der Waals surface area (Å²) in [4.78, 5) is 36.2. The molecule has 1 aliphatic rings. The van der Waals surface area contributed by atoms with Crippen molar-refractivity contribution in [2.45, 2.75) is 38.6 Å². The third kappa shape index (κ3) is 5.42. The predicted octanol–water partition coefficient (Wildman–Crippen LogP) is 4.42. The molecule has 162 valence electrons. The number of unbranched alkanes of at least 4 members (excludes halogenated alkanes) is 1. The van der Waals surface area contributed by atoms with Crippen LogP contribution in [0.4, 0.5) is 0 Å². The number of carbonyl (C=O) groups excluding carboxylic acids is 1. The van der Waals surface area contributed by atoms with E-state index in [0.717, 1.165) is 41.5 Å². The number of benzene rings is 1. The molecule has 2 heterocycles. The highest BCUT2D eigenvalue weighted by atomic mass is 32.2. The summed E-state index contributed by atoms with van der Waals surface area (Å²) < 4.78 is 5.83. The second-order valence-electron chi connectivity index (χ2n) is 7.01. The van der Waals surface area contributed by atoms with E-state index in [0.29, 0.717) is 11.5 Å². The molecular formula is C22H21NO6S2. The second kappa shape index (κ2) is 9.93. The average molecular weight is 460 g/mol. The Morgan fingerprint density at radius 1 is 1.19 bits per heavy atom. The van der Waals surface area contributed by atoms with E-state index >= 15 is 0 Å². The Labute approximate surface area is 188 Å². The lowest BCUT2D eigenvalue weighted by atomic mass is 10.1. The summed E-state index contributed by atoms with van der Waals surface area (Å²) in [5, 5.41) is 18.3. The molecule has 1 aromatic carbocycles. The number of hydrogen-bond acceptors (Lipinski definition) is 6. The molecule has 0 spiro atoms. The molecular weight excluding hydrogens is 438 g/mol. The number of thiocarbonyl (C=S) groups is 1. The number of carboxylic acid groups (broad SMARTS) is 2. The van der Waals surface area contributed by atoms with E-state index in [2.05, 4.69) is 19.1 Å². The summed E-state index contributed by atoms with van der Waals surface area (Å²) in [6.07, 6.45) is 4.05. The zero-order valence-electron chi connectivity index (χ0n) is 16.7. The molecule has 1 aromatic heterocycles. The van der Waals surface area contributed by atoms with E-state index in [1.165, 1.54) is 11.6 Å². The average Bonchev–Trinajstić information content (AvgIpc) is 3.29. The molecule has 0 bridgehead atoms. The van der Waals surface area contributed by atoms with Gasteiger partial charge in [0, 0.05) is 11.6 Å². The Kier molecular flexibility index (Phi) is 7.29. The minimum Gasteiger partial charge on any atom is -0.481 e. The Morgan fingerprint density at radius 2 is 1.90 bits per heavy atom. The van der Waals surface area contributed by atoms with Crippen LogP contribution in [0.2, 0.25) is 0 Å². The number of hydrogen-bond donors (Lipinski definition) is 2. The van der Waals surface area contributed by atoms with E-state index in [1.807, 2.05) is 12.1 Å². The summed E-state index contributed by atoms with van der Waals surface area (Å²) in [7, 11) is 0. The van der Waals surface area contributed by atoms with Gasteiger partial charge in [0.1, 0.15) is 21.9 Å². The monoisotopic (exact) mass is 459 g/mol. The van der Waals surface area contributed by atoms with Gasteiger partial charge in [-0.1, -0.05) is 61.6 Å².